The minimum Gasteiger partial charge on any atom is -0.481 e. The molecule has 0 aromatic rings. The van der Waals surface area contributed by atoms with E-state index in [-0.39, 0.29) is 18.2 Å². The molecule has 2 amide bonds. The predicted octanol–water partition coefficient (Wildman–Crippen LogP) is 1.06. The zero-order valence-corrected chi connectivity index (χ0v) is 11.3. The number of hydrogen-bond donors (Lipinski definition) is 2. The minimum atomic E-state index is -0.808. The third-order valence-electron chi connectivity index (χ3n) is 3.87. The standard InChI is InChI=1S/C13H22N2O4/c1-9-7-11(4-6-19-9)14-13(18)15-5-2-3-10(8-15)12(16)17/h9-11H,2-8H2,1H3,(H,14,18)(H,16,17)/t9?,10-,11?/m1/s1. The molecule has 108 valence electrons. The molecule has 2 unspecified atom stereocenters. The first-order chi connectivity index (χ1) is 9.06. The van der Waals surface area contributed by atoms with Gasteiger partial charge in [-0.05, 0) is 32.6 Å². The normalized spacial score (nSPS) is 31.8. The van der Waals surface area contributed by atoms with Crippen molar-refractivity contribution in [1.82, 2.24) is 10.2 Å². The fourth-order valence-corrected chi connectivity index (χ4v) is 2.76. The summed E-state index contributed by atoms with van der Waals surface area (Å²) in [6.07, 6.45) is 3.24. The highest BCUT2D eigenvalue weighted by Crippen LogP contribution is 2.18. The molecular weight excluding hydrogens is 248 g/mol. The molecule has 2 N–H and O–H groups in total. The number of aliphatic carboxylic acids is 1. The maximum atomic E-state index is 12.1. The average Bonchev–Trinajstić information content (AvgIpc) is 2.39. The first kappa shape index (κ1) is 14.1. The number of carbonyl (C=O) groups is 2. The van der Waals surface area contributed by atoms with E-state index in [0.717, 1.165) is 19.3 Å². The number of nitrogens with one attached hydrogen (secondary N) is 1. The Bertz CT molecular complexity index is 348. The van der Waals surface area contributed by atoms with Crippen LogP contribution < -0.4 is 5.32 Å². The second kappa shape index (κ2) is 6.23. The molecule has 19 heavy (non-hydrogen) atoms. The number of carboxylic acid groups (broad SMARTS) is 1. The van der Waals surface area contributed by atoms with Gasteiger partial charge in [-0.25, -0.2) is 4.79 Å². The Kier molecular flexibility index (Phi) is 4.63. The molecule has 0 spiro atoms. The average molecular weight is 270 g/mol. The Morgan fingerprint density at radius 1 is 1.37 bits per heavy atom. The first-order valence-electron chi connectivity index (χ1n) is 6.96. The van der Waals surface area contributed by atoms with Gasteiger partial charge < -0.3 is 20.1 Å². The van der Waals surface area contributed by atoms with Gasteiger partial charge in [0.2, 0.25) is 0 Å². The number of nitrogens with zero attached hydrogens (tertiary/aromatic N) is 1. The molecule has 6 heteroatoms. The van der Waals surface area contributed by atoms with Gasteiger partial charge in [0.25, 0.3) is 0 Å². The second-order valence-corrected chi connectivity index (χ2v) is 5.48. The molecule has 0 bridgehead atoms. The SMILES string of the molecule is CC1CC(NC(=O)N2CCC[C@@H](C(=O)O)C2)CCO1. The van der Waals surface area contributed by atoms with Crippen molar-refractivity contribution in [1.29, 1.82) is 0 Å². The molecular formula is C13H22N2O4. The van der Waals surface area contributed by atoms with Crippen LogP contribution in [0.3, 0.4) is 0 Å². The fourth-order valence-electron chi connectivity index (χ4n) is 2.76. The highest BCUT2D eigenvalue weighted by Gasteiger charge is 2.29. The van der Waals surface area contributed by atoms with Crippen molar-refractivity contribution >= 4 is 12.0 Å². The highest BCUT2D eigenvalue weighted by atomic mass is 16.5. The van der Waals surface area contributed by atoms with Gasteiger partial charge in [0.05, 0.1) is 12.0 Å². The molecule has 2 saturated heterocycles. The minimum absolute atomic E-state index is 0.134. The highest BCUT2D eigenvalue weighted by molar-refractivity contribution is 5.76. The lowest BCUT2D eigenvalue weighted by Gasteiger charge is -2.34. The lowest BCUT2D eigenvalue weighted by molar-refractivity contribution is -0.143. The van der Waals surface area contributed by atoms with E-state index in [1.54, 1.807) is 4.90 Å². The number of hydrogen-bond acceptors (Lipinski definition) is 3. The largest absolute Gasteiger partial charge is 0.481 e. The van der Waals surface area contributed by atoms with E-state index in [0.29, 0.717) is 26.1 Å². The van der Waals surface area contributed by atoms with E-state index in [2.05, 4.69) is 5.32 Å². The Morgan fingerprint density at radius 2 is 2.16 bits per heavy atom. The van der Waals surface area contributed by atoms with Crippen molar-refractivity contribution in [3.63, 3.8) is 0 Å². The van der Waals surface area contributed by atoms with E-state index in [4.69, 9.17) is 9.84 Å². The molecule has 0 radical (unpaired) electrons. The van der Waals surface area contributed by atoms with Gasteiger partial charge in [-0.2, -0.15) is 0 Å². The van der Waals surface area contributed by atoms with Crippen LogP contribution in [0, 0.1) is 5.92 Å². The lowest BCUT2D eigenvalue weighted by Crippen LogP contribution is -2.51. The summed E-state index contributed by atoms with van der Waals surface area (Å²) < 4.78 is 5.44. The van der Waals surface area contributed by atoms with E-state index < -0.39 is 11.9 Å². The van der Waals surface area contributed by atoms with Gasteiger partial charge in [-0.15, -0.1) is 0 Å². The zero-order chi connectivity index (χ0) is 13.8. The van der Waals surface area contributed by atoms with Gasteiger partial charge in [0.1, 0.15) is 0 Å². The molecule has 2 heterocycles. The molecule has 2 aliphatic rings. The number of piperidine rings is 1. The number of carboxylic acids is 1. The smallest absolute Gasteiger partial charge is 0.317 e. The number of carbonyl (C=O) groups excluding carboxylic acids is 1. The van der Waals surface area contributed by atoms with Crippen LogP contribution >= 0.6 is 0 Å². The number of rotatable bonds is 2. The number of urea groups is 1. The summed E-state index contributed by atoms with van der Waals surface area (Å²) in [6.45, 7) is 3.64. The maximum Gasteiger partial charge on any atom is 0.317 e. The van der Waals surface area contributed by atoms with Crippen LogP contribution in [-0.4, -0.2) is 53.8 Å². The Labute approximate surface area is 113 Å². The van der Waals surface area contributed by atoms with E-state index in [1.807, 2.05) is 6.92 Å². The molecule has 0 aromatic carbocycles. The maximum absolute atomic E-state index is 12.1. The van der Waals surface area contributed by atoms with Crippen LogP contribution in [0.5, 0.6) is 0 Å². The third-order valence-corrected chi connectivity index (χ3v) is 3.87. The molecule has 0 aliphatic carbocycles. The molecule has 2 fully saturated rings. The second-order valence-electron chi connectivity index (χ2n) is 5.48. The topological polar surface area (TPSA) is 78.9 Å². The van der Waals surface area contributed by atoms with Crippen LogP contribution in [-0.2, 0) is 9.53 Å². The monoisotopic (exact) mass is 270 g/mol. The van der Waals surface area contributed by atoms with Crippen LogP contribution in [0.4, 0.5) is 4.79 Å². The molecule has 6 nitrogen and oxygen atoms in total. The van der Waals surface area contributed by atoms with Gasteiger partial charge in [-0.1, -0.05) is 0 Å². The number of ether oxygens (including phenoxy) is 1. The van der Waals surface area contributed by atoms with Gasteiger partial charge in [0, 0.05) is 25.7 Å². The lowest BCUT2D eigenvalue weighted by atomic mass is 9.98. The summed E-state index contributed by atoms with van der Waals surface area (Å²) in [5.74, 6) is -1.23. The quantitative estimate of drug-likeness (QED) is 0.786. The summed E-state index contributed by atoms with van der Waals surface area (Å²) in [6, 6.07) is 0.00602. The Hall–Kier alpha value is -1.30. The van der Waals surface area contributed by atoms with E-state index >= 15 is 0 Å². The fraction of sp³-hybridized carbons (Fsp3) is 0.846. The van der Waals surface area contributed by atoms with Crippen molar-refractivity contribution < 1.29 is 19.4 Å². The molecule has 2 aliphatic heterocycles. The third kappa shape index (κ3) is 3.83. The van der Waals surface area contributed by atoms with Crippen LogP contribution in [0.25, 0.3) is 0 Å². The summed E-state index contributed by atoms with van der Waals surface area (Å²) in [5.41, 5.74) is 0. The Morgan fingerprint density at radius 3 is 2.84 bits per heavy atom. The van der Waals surface area contributed by atoms with Crippen LogP contribution in [0.15, 0.2) is 0 Å². The zero-order valence-electron chi connectivity index (χ0n) is 11.3. The van der Waals surface area contributed by atoms with E-state index in [9.17, 15) is 9.59 Å². The van der Waals surface area contributed by atoms with Crippen LogP contribution in [0.2, 0.25) is 0 Å². The first-order valence-corrected chi connectivity index (χ1v) is 6.96. The molecule has 0 saturated carbocycles. The van der Waals surface area contributed by atoms with Crippen LogP contribution in [0.1, 0.15) is 32.6 Å². The predicted molar refractivity (Wildman–Crippen MR) is 68.9 cm³/mol. The summed E-state index contributed by atoms with van der Waals surface area (Å²) in [7, 11) is 0. The van der Waals surface area contributed by atoms with Crippen molar-refractivity contribution in [2.45, 2.75) is 44.8 Å². The summed E-state index contributed by atoms with van der Waals surface area (Å²) in [5, 5.41) is 12.0. The van der Waals surface area contributed by atoms with Crippen molar-refractivity contribution in [2.24, 2.45) is 5.92 Å². The molecule has 3 atom stereocenters. The summed E-state index contributed by atoms with van der Waals surface area (Å²) in [4.78, 5) is 24.7. The van der Waals surface area contributed by atoms with Gasteiger partial charge >= 0.3 is 12.0 Å². The summed E-state index contributed by atoms with van der Waals surface area (Å²) >= 11 is 0. The molecule has 2 rings (SSSR count). The Balaban J connectivity index is 1.83. The van der Waals surface area contributed by atoms with Crippen molar-refractivity contribution in [3.05, 3.63) is 0 Å². The number of amides is 2. The number of likely N-dealkylation sites (tertiary alicyclic amines) is 1. The van der Waals surface area contributed by atoms with E-state index in [1.165, 1.54) is 0 Å². The van der Waals surface area contributed by atoms with Crippen molar-refractivity contribution in [3.8, 4) is 0 Å². The van der Waals surface area contributed by atoms with Gasteiger partial charge in [0.15, 0.2) is 0 Å². The molecule has 0 aromatic heterocycles. The van der Waals surface area contributed by atoms with Gasteiger partial charge in [-0.3, -0.25) is 4.79 Å². The van der Waals surface area contributed by atoms with Crippen molar-refractivity contribution in [2.75, 3.05) is 19.7 Å².